The topological polar surface area (TPSA) is 26.3 Å². The van der Waals surface area contributed by atoms with Crippen molar-refractivity contribution in [3.05, 3.63) is 10.1 Å². The van der Waals surface area contributed by atoms with Crippen LogP contribution >= 0.6 is 46.4 Å². The highest BCUT2D eigenvalue weighted by Crippen LogP contribution is 2.24. The summed E-state index contributed by atoms with van der Waals surface area (Å²) in [6, 6.07) is 0. The smallest absolute Gasteiger partial charge is 0.350 e. The lowest BCUT2D eigenvalue weighted by molar-refractivity contribution is -0.135. The molecule has 0 aromatic heterocycles. The molecule has 0 fully saturated rings. The average Bonchev–Trinajstić information content (AvgIpc) is 2.00. The van der Waals surface area contributed by atoms with E-state index in [0.29, 0.717) is 0 Å². The minimum Gasteiger partial charge on any atom is -0.465 e. The van der Waals surface area contributed by atoms with Crippen molar-refractivity contribution in [1.82, 2.24) is 0 Å². The van der Waals surface area contributed by atoms with Gasteiger partial charge in [-0.1, -0.05) is 46.4 Å². The number of allylic oxidation sites excluding steroid dienone is 1. The first-order valence-corrected chi connectivity index (χ1v) is 4.05. The summed E-state index contributed by atoms with van der Waals surface area (Å²) in [6.45, 7) is 0. The molecule has 0 heterocycles. The maximum Gasteiger partial charge on any atom is 0.350 e. The zero-order valence-corrected chi connectivity index (χ0v) is 8.43. The van der Waals surface area contributed by atoms with Crippen molar-refractivity contribution in [1.29, 1.82) is 0 Å². The second-order valence-electron chi connectivity index (χ2n) is 1.45. The highest BCUT2D eigenvalue weighted by molar-refractivity contribution is 6.56. The molecule has 0 unspecified atom stereocenters. The van der Waals surface area contributed by atoms with Crippen molar-refractivity contribution in [3.8, 4) is 0 Å². The Morgan fingerprint density at radius 3 is 2.09 bits per heavy atom. The number of halogens is 4. The number of esters is 1. The fourth-order valence-electron chi connectivity index (χ4n) is 0.283. The summed E-state index contributed by atoms with van der Waals surface area (Å²) in [5, 5.41) is -0.439. The Morgan fingerprint density at radius 2 is 1.82 bits per heavy atom. The third kappa shape index (κ3) is 3.52. The van der Waals surface area contributed by atoms with Gasteiger partial charge in [0.05, 0.1) is 12.1 Å². The lowest BCUT2D eigenvalue weighted by Crippen LogP contribution is -2.03. The number of hydrogen-bond acceptors (Lipinski definition) is 2. The summed E-state index contributed by atoms with van der Waals surface area (Å²) in [4.78, 5) is 9.63. The van der Waals surface area contributed by atoms with Gasteiger partial charge in [0.1, 0.15) is 9.87 Å². The molecule has 0 aliphatic rings. The van der Waals surface area contributed by atoms with Crippen molar-refractivity contribution in [2.24, 2.45) is 0 Å². The minimum atomic E-state index is -1.01. The largest absolute Gasteiger partial charge is 0.465 e. The Bertz CT molecular complexity index is 187. The van der Waals surface area contributed by atoms with E-state index in [-0.39, 0.29) is 10.1 Å². The van der Waals surface area contributed by atoms with Gasteiger partial charge in [0, 0.05) is 0 Å². The van der Waals surface area contributed by atoms with Gasteiger partial charge < -0.3 is 4.74 Å². The van der Waals surface area contributed by atoms with Gasteiger partial charge in [-0.25, -0.2) is 4.79 Å². The summed E-state index contributed by atoms with van der Waals surface area (Å²) < 4.78 is 4.25. The Hall–Kier alpha value is 0.370. The molecule has 0 bridgehead atoms. The van der Waals surface area contributed by atoms with E-state index < -0.39 is 10.8 Å². The number of carbonyl (C=O) groups is 1. The van der Waals surface area contributed by atoms with E-state index in [4.69, 9.17) is 46.4 Å². The Labute approximate surface area is 84.0 Å². The fourth-order valence-corrected chi connectivity index (χ4v) is 0.876. The van der Waals surface area contributed by atoms with Crippen LogP contribution < -0.4 is 0 Å². The Morgan fingerprint density at radius 1 is 1.36 bits per heavy atom. The molecule has 0 aromatic rings. The zero-order chi connectivity index (χ0) is 9.02. The van der Waals surface area contributed by atoms with E-state index in [0.717, 1.165) is 0 Å². The number of rotatable bonds is 2. The predicted octanol–water partition coefficient (Wildman–Crippen LogP) is 2.65. The van der Waals surface area contributed by atoms with Crippen molar-refractivity contribution in [2.75, 3.05) is 7.11 Å². The van der Waals surface area contributed by atoms with Gasteiger partial charge in [0.15, 0.2) is 0 Å². The number of methoxy groups -OCH3 is 1. The number of hydrogen-bond donors (Lipinski definition) is 0. The molecular weight excluding hydrogens is 234 g/mol. The van der Waals surface area contributed by atoms with Crippen LogP contribution in [0.3, 0.4) is 0 Å². The molecule has 0 spiro atoms. The third-order valence-corrected chi connectivity index (χ3v) is 2.29. The van der Waals surface area contributed by atoms with Crippen LogP contribution in [-0.4, -0.2) is 17.9 Å². The summed E-state index contributed by atoms with van der Waals surface area (Å²) in [5.41, 5.74) is 0. The fraction of sp³-hybridized carbons (Fsp3) is 0.400. The first-order chi connectivity index (χ1) is 5.00. The van der Waals surface area contributed by atoms with E-state index in [9.17, 15) is 4.79 Å². The second kappa shape index (κ2) is 5.09. The van der Waals surface area contributed by atoms with Gasteiger partial charge in [-0.2, -0.15) is 0 Å². The van der Waals surface area contributed by atoms with Crippen LogP contribution in [0.4, 0.5) is 0 Å². The number of carbonyl (C=O) groups excluding carboxylic acids is 1. The molecule has 0 amide bonds. The third-order valence-electron chi connectivity index (χ3n) is 0.766. The van der Waals surface area contributed by atoms with Crippen LogP contribution in [0.25, 0.3) is 0 Å². The number of alkyl halides is 2. The Balaban J connectivity index is 4.52. The van der Waals surface area contributed by atoms with E-state index in [1.54, 1.807) is 0 Å². The normalized spacial score (nSPS) is 12.9. The van der Waals surface area contributed by atoms with Crippen LogP contribution in [-0.2, 0) is 9.53 Å². The van der Waals surface area contributed by atoms with E-state index in [2.05, 4.69) is 4.74 Å². The van der Waals surface area contributed by atoms with Gasteiger partial charge in [-0.05, 0) is 0 Å². The highest BCUT2D eigenvalue weighted by atomic mass is 35.5. The van der Waals surface area contributed by atoms with Gasteiger partial charge >= 0.3 is 5.97 Å². The molecule has 11 heavy (non-hydrogen) atoms. The second-order valence-corrected chi connectivity index (χ2v) is 3.34. The van der Waals surface area contributed by atoms with Crippen LogP contribution in [0.1, 0.15) is 0 Å². The highest BCUT2D eigenvalue weighted by Gasteiger charge is 2.16. The molecular formula is C5H4Cl4O2. The average molecular weight is 238 g/mol. The van der Waals surface area contributed by atoms with Crippen molar-refractivity contribution in [2.45, 2.75) is 4.84 Å². The molecule has 0 aliphatic heterocycles. The maximum absolute atomic E-state index is 10.6. The zero-order valence-electron chi connectivity index (χ0n) is 5.41. The lowest BCUT2D eigenvalue weighted by atomic mass is 10.5. The molecule has 0 radical (unpaired) electrons. The quantitative estimate of drug-likeness (QED) is 0.420. The SMILES string of the molecule is COC(=O)/C(Cl)=C(/Cl)C(Cl)Cl. The molecule has 0 aromatic carbocycles. The Kier molecular flexibility index (Phi) is 5.26. The molecule has 0 N–H and O–H groups in total. The number of ether oxygens (including phenoxy) is 1. The van der Waals surface area contributed by atoms with Gasteiger partial charge in [-0.3, -0.25) is 0 Å². The summed E-state index contributed by atoms with van der Waals surface area (Å²) in [5.74, 6) is -0.761. The van der Waals surface area contributed by atoms with Crippen LogP contribution in [0, 0.1) is 0 Å². The van der Waals surface area contributed by atoms with E-state index >= 15 is 0 Å². The standard InChI is InChI=1S/C5H4Cl4O2/c1-11-5(10)3(7)2(6)4(8)9/h4H,1H3/b3-2-. The molecule has 64 valence electrons. The maximum atomic E-state index is 10.6. The van der Waals surface area contributed by atoms with Crippen molar-refractivity contribution >= 4 is 52.4 Å². The molecule has 0 aliphatic carbocycles. The van der Waals surface area contributed by atoms with Gasteiger partial charge in [0.25, 0.3) is 0 Å². The van der Waals surface area contributed by atoms with E-state index in [1.165, 1.54) is 7.11 Å². The summed E-state index contributed by atoms with van der Waals surface area (Å²) >= 11 is 21.4. The first kappa shape index (κ1) is 11.4. The van der Waals surface area contributed by atoms with Gasteiger partial charge in [-0.15, -0.1) is 0 Å². The first-order valence-electron chi connectivity index (χ1n) is 2.42. The molecule has 0 rings (SSSR count). The minimum absolute atomic E-state index is 0.137. The molecule has 0 saturated carbocycles. The molecule has 6 heteroatoms. The van der Waals surface area contributed by atoms with Gasteiger partial charge in [0.2, 0.25) is 0 Å². The molecule has 0 atom stereocenters. The van der Waals surface area contributed by atoms with Crippen molar-refractivity contribution < 1.29 is 9.53 Å². The molecule has 2 nitrogen and oxygen atoms in total. The monoisotopic (exact) mass is 236 g/mol. The van der Waals surface area contributed by atoms with Crippen LogP contribution in [0.2, 0.25) is 0 Å². The molecule has 0 saturated heterocycles. The van der Waals surface area contributed by atoms with Crippen LogP contribution in [0.5, 0.6) is 0 Å². The summed E-state index contributed by atoms with van der Waals surface area (Å²) in [6.07, 6.45) is 0. The lowest BCUT2D eigenvalue weighted by Gasteiger charge is -2.01. The predicted molar refractivity (Wildman–Crippen MR) is 46.2 cm³/mol. The van der Waals surface area contributed by atoms with Crippen molar-refractivity contribution in [3.63, 3.8) is 0 Å². The van der Waals surface area contributed by atoms with E-state index in [1.807, 2.05) is 0 Å². The van der Waals surface area contributed by atoms with Crippen LogP contribution in [0.15, 0.2) is 10.1 Å². The summed E-state index contributed by atoms with van der Waals surface area (Å²) in [7, 11) is 1.17.